The third-order valence-corrected chi connectivity index (χ3v) is 2.02. The standard InChI is InChI=1S/C8H11N5/c1-3-13-7-6(5(2)12-13)10-4-11-8(7)9/h4H,3H2,1-2H3,(H2,9,10,11). The van der Waals surface area contributed by atoms with E-state index in [1.54, 1.807) is 0 Å². The van der Waals surface area contributed by atoms with Crippen molar-refractivity contribution in [2.75, 3.05) is 5.73 Å². The molecule has 0 aliphatic rings. The Balaban J connectivity index is 2.89. The lowest BCUT2D eigenvalue weighted by molar-refractivity contribution is 0.676. The van der Waals surface area contributed by atoms with Crippen LogP contribution in [0.25, 0.3) is 11.0 Å². The fourth-order valence-electron chi connectivity index (χ4n) is 1.42. The number of nitrogens with zero attached hydrogens (tertiary/aromatic N) is 4. The average molecular weight is 177 g/mol. The zero-order valence-corrected chi connectivity index (χ0v) is 7.65. The van der Waals surface area contributed by atoms with Crippen LogP contribution in [0.2, 0.25) is 0 Å². The molecule has 2 heterocycles. The molecule has 5 nitrogen and oxygen atoms in total. The molecule has 0 aromatic carbocycles. The first kappa shape index (κ1) is 7.97. The lowest BCUT2D eigenvalue weighted by Gasteiger charge is -1.98. The van der Waals surface area contributed by atoms with Gasteiger partial charge in [0.15, 0.2) is 5.82 Å². The second kappa shape index (κ2) is 2.69. The monoisotopic (exact) mass is 177 g/mol. The van der Waals surface area contributed by atoms with Crippen LogP contribution in [-0.2, 0) is 6.54 Å². The third kappa shape index (κ3) is 1.04. The SMILES string of the molecule is CCn1nc(C)c2ncnc(N)c21. The van der Waals surface area contributed by atoms with Crippen molar-refractivity contribution in [3.05, 3.63) is 12.0 Å². The van der Waals surface area contributed by atoms with Gasteiger partial charge in [0, 0.05) is 6.54 Å². The smallest absolute Gasteiger partial charge is 0.153 e. The molecule has 0 aliphatic heterocycles. The van der Waals surface area contributed by atoms with Gasteiger partial charge in [-0.3, -0.25) is 4.68 Å². The van der Waals surface area contributed by atoms with Crippen LogP contribution in [0.3, 0.4) is 0 Å². The van der Waals surface area contributed by atoms with Crippen molar-refractivity contribution in [3.63, 3.8) is 0 Å². The predicted molar refractivity (Wildman–Crippen MR) is 50.1 cm³/mol. The van der Waals surface area contributed by atoms with Gasteiger partial charge in [-0.1, -0.05) is 0 Å². The molecular formula is C8H11N5. The molecule has 0 unspecified atom stereocenters. The minimum Gasteiger partial charge on any atom is -0.382 e. The Labute approximate surface area is 75.6 Å². The predicted octanol–water partition coefficient (Wildman–Crippen LogP) is 0.737. The van der Waals surface area contributed by atoms with Crippen LogP contribution in [0, 0.1) is 6.92 Å². The van der Waals surface area contributed by atoms with Crippen LogP contribution >= 0.6 is 0 Å². The van der Waals surface area contributed by atoms with Crippen molar-refractivity contribution >= 4 is 16.9 Å². The molecule has 0 atom stereocenters. The fourth-order valence-corrected chi connectivity index (χ4v) is 1.42. The van der Waals surface area contributed by atoms with Crippen molar-refractivity contribution in [2.24, 2.45) is 0 Å². The molecule has 68 valence electrons. The summed E-state index contributed by atoms with van der Waals surface area (Å²) in [6.07, 6.45) is 1.46. The molecule has 0 fully saturated rings. The Bertz CT molecular complexity index is 445. The van der Waals surface area contributed by atoms with Crippen LogP contribution in [0.5, 0.6) is 0 Å². The summed E-state index contributed by atoms with van der Waals surface area (Å²) in [6, 6.07) is 0. The largest absolute Gasteiger partial charge is 0.382 e. The molecule has 13 heavy (non-hydrogen) atoms. The highest BCUT2D eigenvalue weighted by Crippen LogP contribution is 2.18. The first-order valence-corrected chi connectivity index (χ1v) is 4.17. The number of anilines is 1. The number of rotatable bonds is 1. The van der Waals surface area contributed by atoms with E-state index in [-0.39, 0.29) is 0 Å². The van der Waals surface area contributed by atoms with E-state index in [0.717, 1.165) is 23.3 Å². The van der Waals surface area contributed by atoms with Crippen molar-refractivity contribution < 1.29 is 0 Å². The summed E-state index contributed by atoms with van der Waals surface area (Å²) in [5.74, 6) is 0.493. The molecule has 5 heteroatoms. The van der Waals surface area contributed by atoms with E-state index in [0.29, 0.717) is 5.82 Å². The molecule has 0 aliphatic carbocycles. The Morgan fingerprint density at radius 3 is 2.92 bits per heavy atom. The van der Waals surface area contributed by atoms with E-state index in [1.807, 2.05) is 18.5 Å². The Morgan fingerprint density at radius 2 is 2.23 bits per heavy atom. The maximum atomic E-state index is 5.73. The molecule has 0 amide bonds. The molecule has 0 radical (unpaired) electrons. The van der Waals surface area contributed by atoms with Crippen LogP contribution in [-0.4, -0.2) is 19.7 Å². The van der Waals surface area contributed by atoms with Gasteiger partial charge in [-0.05, 0) is 13.8 Å². The lowest BCUT2D eigenvalue weighted by atomic mass is 10.3. The second-order valence-corrected chi connectivity index (χ2v) is 2.86. The molecule has 0 spiro atoms. The minimum absolute atomic E-state index is 0.493. The highest BCUT2D eigenvalue weighted by molar-refractivity contribution is 5.85. The van der Waals surface area contributed by atoms with Crippen LogP contribution < -0.4 is 5.73 Å². The first-order valence-electron chi connectivity index (χ1n) is 4.17. The van der Waals surface area contributed by atoms with Crippen LogP contribution in [0.15, 0.2) is 6.33 Å². The summed E-state index contributed by atoms with van der Waals surface area (Å²) in [5, 5.41) is 4.30. The van der Waals surface area contributed by atoms with Gasteiger partial charge in [0.05, 0.1) is 5.69 Å². The number of hydrogen-bond donors (Lipinski definition) is 1. The summed E-state index contributed by atoms with van der Waals surface area (Å²) < 4.78 is 1.82. The van der Waals surface area contributed by atoms with Crippen molar-refractivity contribution in [2.45, 2.75) is 20.4 Å². The molecule has 0 saturated heterocycles. The van der Waals surface area contributed by atoms with Gasteiger partial charge in [-0.2, -0.15) is 5.10 Å². The summed E-state index contributed by atoms with van der Waals surface area (Å²) in [7, 11) is 0. The van der Waals surface area contributed by atoms with Gasteiger partial charge in [-0.15, -0.1) is 0 Å². The van der Waals surface area contributed by atoms with Crippen molar-refractivity contribution in [3.8, 4) is 0 Å². The molecule has 2 rings (SSSR count). The van der Waals surface area contributed by atoms with E-state index in [1.165, 1.54) is 6.33 Å². The number of hydrogen-bond acceptors (Lipinski definition) is 4. The van der Waals surface area contributed by atoms with Crippen molar-refractivity contribution in [1.29, 1.82) is 0 Å². The maximum absolute atomic E-state index is 5.73. The van der Waals surface area contributed by atoms with Gasteiger partial charge in [0.2, 0.25) is 0 Å². The fraction of sp³-hybridized carbons (Fsp3) is 0.375. The zero-order valence-electron chi connectivity index (χ0n) is 7.65. The quantitative estimate of drug-likeness (QED) is 0.697. The molecule has 2 aromatic heterocycles. The Kier molecular flexibility index (Phi) is 1.65. The van der Waals surface area contributed by atoms with Crippen molar-refractivity contribution in [1.82, 2.24) is 19.7 Å². The highest BCUT2D eigenvalue weighted by atomic mass is 15.3. The molecule has 0 bridgehead atoms. The van der Waals surface area contributed by atoms with Gasteiger partial charge in [-0.25, -0.2) is 9.97 Å². The molecule has 2 aromatic rings. The second-order valence-electron chi connectivity index (χ2n) is 2.86. The van der Waals surface area contributed by atoms with Gasteiger partial charge < -0.3 is 5.73 Å². The number of aryl methyl sites for hydroxylation is 2. The summed E-state index contributed by atoms with van der Waals surface area (Å²) in [6.45, 7) is 4.71. The number of fused-ring (bicyclic) bond motifs is 1. The normalized spacial score (nSPS) is 10.9. The highest BCUT2D eigenvalue weighted by Gasteiger charge is 2.10. The molecule has 0 saturated carbocycles. The topological polar surface area (TPSA) is 69.6 Å². The Morgan fingerprint density at radius 1 is 1.46 bits per heavy atom. The number of aromatic nitrogens is 4. The maximum Gasteiger partial charge on any atom is 0.153 e. The van der Waals surface area contributed by atoms with E-state index in [2.05, 4.69) is 15.1 Å². The summed E-state index contributed by atoms with van der Waals surface area (Å²) in [5.41, 5.74) is 8.31. The van der Waals surface area contributed by atoms with Crippen LogP contribution in [0.1, 0.15) is 12.6 Å². The molecule has 2 N–H and O–H groups in total. The van der Waals surface area contributed by atoms with Gasteiger partial charge in [0.25, 0.3) is 0 Å². The minimum atomic E-state index is 0.493. The summed E-state index contributed by atoms with van der Waals surface area (Å²) in [4.78, 5) is 8.07. The number of nitrogen functional groups attached to an aromatic ring is 1. The number of nitrogens with two attached hydrogens (primary N) is 1. The molecular weight excluding hydrogens is 166 g/mol. The van der Waals surface area contributed by atoms with Gasteiger partial charge >= 0.3 is 0 Å². The zero-order chi connectivity index (χ0) is 9.42. The van der Waals surface area contributed by atoms with E-state index < -0.39 is 0 Å². The summed E-state index contributed by atoms with van der Waals surface area (Å²) >= 11 is 0. The van der Waals surface area contributed by atoms with Crippen LogP contribution in [0.4, 0.5) is 5.82 Å². The van der Waals surface area contributed by atoms with E-state index >= 15 is 0 Å². The first-order chi connectivity index (χ1) is 6.24. The van der Waals surface area contributed by atoms with E-state index in [9.17, 15) is 0 Å². The third-order valence-electron chi connectivity index (χ3n) is 2.02. The average Bonchev–Trinajstić information content (AvgIpc) is 2.45. The lowest BCUT2D eigenvalue weighted by Crippen LogP contribution is -2.00. The van der Waals surface area contributed by atoms with E-state index in [4.69, 9.17) is 5.73 Å². The van der Waals surface area contributed by atoms with Gasteiger partial charge in [0.1, 0.15) is 17.4 Å². The Hall–Kier alpha value is -1.65.